The molecule has 0 unspecified atom stereocenters. The molecule has 0 aliphatic heterocycles. The Morgan fingerprint density at radius 3 is 2.82 bits per heavy atom. The monoisotopic (exact) mass is 254 g/mol. The van der Waals surface area contributed by atoms with Gasteiger partial charge in [0.15, 0.2) is 0 Å². The molecule has 3 N–H and O–H groups in total. The van der Waals surface area contributed by atoms with E-state index in [0.717, 1.165) is 23.5 Å². The molecule has 1 fully saturated rings. The third kappa shape index (κ3) is 2.39. The van der Waals surface area contributed by atoms with E-state index >= 15 is 0 Å². The van der Waals surface area contributed by atoms with E-state index < -0.39 is 0 Å². The van der Waals surface area contributed by atoms with Gasteiger partial charge in [0.05, 0.1) is 17.8 Å². The van der Waals surface area contributed by atoms with Crippen molar-refractivity contribution in [3.63, 3.8) is 0 Å². The maximum absolute atomic E-state index is 11.6. The van der Waals surface area contributed by atoms with Crippen LogP contribution in [0.3, 0.4) is 0 Å². The van der Waals surface area contributed by atoms with Crippen LogP contribution in [0.1, 0.15) is 47.3 Å². The van der Waals surface area contributed by atoms with Crippen LogP contribution >= 0.6 is 11.3 Å². The van der Waals surface area contributed by atoms with E-state index in [1.54, 1.807) is 0 Å². The van der Waals surface area contributed by atoms with Gasteiger partial charge in [-0.25, -0.2) is 4.79 Å². The third-order valence-corrected chi connectivity index (χ3v) is 4.03. The zero-order valence-corrected chi connectivity index (χ0v) is 11.0. The van der Waals surface area contributed by atoms with Crippen LogP contribution in [0.2, 0.25) is 0 Å². The fourth-order valence-electron chi connectivity index (χ4n) is 1.85. The Balaban J connectivity index is 2.32. The van der Waals surface area contributed by atoms with Crippen molar-refractivity contribution in [2.45, 2.75) is 32.1 Å². The van der Waals surface area contributed by atoms with Gasteiger partial charge in [-0.3, -0.25) is 0 Å². The van der Waals surface area contributed by atoms with E-state index in [1.807, 2.05) is 0 Å². The molecule has 1 aromatic rings. The standard InChI is InChI=1S/C12H18N2O2S/c1-3-6-14-11-8(7-4-5-7)9(13)10(17-11)12(15)16-2/h7,14H,3-6,13H2,1-2H3. The average molecular weight is 254 g/mol. The summed E-state index contributed by atoms with van der Waals surface area (Å²) in [7, 11) is 1.39. The van der Waals surface area contributed by atoms with Gasteiger partial charge in [0.1, 0.15) is 4.88 Å². The number of nitrogens with two attached hydrogens (primary N) is 1. The Kier molecular flexibility index (Phi) is 3.57. The molecule has 0 spiro atoms. The first-order valence-electron chi connectivity index (χ1n) is 5.93. The number of hydrogen-bond donors (Lipinski definition) is 2. The van der Waals surface area contributed by atoms with Gasteiger partial charge in [-0.05, 0) is 25.2 Å². The van der Waals surface area contributed by atoms with Crippen molar-refractivity contribution < 1.29 is 9.53 Å². The molecule has 1 aliphatic carbocycles. The molecule has 0 atom stereocenters. The van der Waals surface area contributed by atoms with E-state index in [4.69, 9.17) is 10.5 Å². The van der Waals surface area contributed by atoms with Crippen LogP contribution in [0.15, 0.2) is 0 Å². The molecule has 0 saturated heterocycles. The molecule has 0 bridgehead atoms. The van der Waals surface area contributed by atoms with E-state index in [9.17, 15) is 4.79 Å². The normalized spacial score (nSPS) is 14.7. The zero-order valence-electron chi connectivity index (χ0n) is 10.2. The van der Waals surface area contributed by atoms with Crippen molar-refractivity contribution in [3.05, 3.63) is 10.4 Å². The van der Waals surface area contributed by atoms with Crippen LogP contribution in [0, 0.1) is 0 Å². The molecule has 1 heterocycles. The minimum absolute atomic E-state index is 0.334. The molecule has 0 amide bonds. The molecular weight excluding hydrogens is 236 g/mol. The molecule has 2 rings (SSSR count). The fourth-order valence-corrected chi connectivity index (χ4v) is 3.00. The third-order valence-electron chi connectivity index (χ3n) is 2.88. The van der Waals surface area contributed by atoms with Crippen molar-refractivity contribution in [3.8, 4) is 0 Å². The highest BCUT2D eigenvalue weighted by molar-refractivity contribution is 7.18. The van der Waals surface area contributed by atoms with Crippen LogP contribution < -0.4 is 11.1 Å². The number of ether oxygens (including phenoxy) is 1. The summed E-state index contributed by atoms with van der Waals surface area (Å²) in [6.07, 6.45) is 3.39. The first kappa shape index (κ1) is 12.2. The van der Waals surface area contributed by atoms with Crippen molar-refractivity contribution in [2.75, 3.05) is 24.7 Å². The summed E-state index contributed by atoms with van der Waals surface area (Å²) in [6, 6.07) is 0. The van der Waals surface area contributed by atoms with Gasteiger partial charge in [0, 0.05) is 12.1 Å². The summed E-state index contributed by atoms with van der Waals surface area (Å²) in [5.41, 5.74) is 7.81. The van der Waals surface area contributed by atoms with Crippen LogP contribution in [-0.2, 0) is 4.74 Å². The summed E-state index contributed by atoms with van der Waals surface area (Å²) >= 11 is 1.42. The van der Waals surface area contributed by atoms with Gasteiger partial charge in [-0.1, -0.05) is 6.92 Å². The minimum atomic E-state index is -0.334. The topological polar surface area (TPSA) is 64.3 Å². The minimum Gasteiger partial charge on any atom is -0.465 e. The predicted octanol–water partition coefficient (Wildman–Crippen LogP) is 2.82. The molecule has 4 nitrogen and oxygen atoms in total. The maximum atomic E-state index is 11.6. The van der Waals surface area contributed by atoms with Crippen LogP contribution in [-0.4, -0.2) is 19.6 Å². The number of carbonyl (C=O) groups is 1. The predicted molar refractivity (Wildman–Crippen MR) is 70.8 cm³/mol. The van der Waals surface area contributed by atoms with Crippen LogP contribution in [0.4, 0.5) is 10.7 Å². The number of anilines is 2. The Bertz CT molecular complexity index is 424. The van der Waals surface area contributed by atoms with E-state index in [1.165, 1.54) is 31.3 Å². The van der Waals surface area contributed by atoms with E-state index in [-0.39, 0.29) is 5.97 Å². The van der Waals surface area contributed by atoms with Crippen LogP contribution in [0.25, 0.3) is 0 Å². The highest BCUT2D eigenvalue weighted by Gasteiger charge is 2.33. The number of nitrogen functional groups attached to an aromatic ring is 1. The molecular formula is C12H18N2O2S. The fraction of sp³-hybridized carbons (Fsp3) is 0.583. The number of esters is 1. The maximum Gasteiger partial charge on any atom is 0.350 e. The summed E-state index contributed by atoms with van der Waals surface area (Å²) in [5, 5.41) is 4.40. The van der Waals surface area contributed by atoms with E-state index in [2.05, 4.69) is 12.2 Å². The van der Waals surface area contributed by atoms with Crippen molar-refractivity contribution in [2.24, 2.45) is 0 Å². The van der Waals surface area contributed by atoms with Gasteiger partial charge in [-0.15, -0.1) is 11.3 Å². The molecule has 0 aromatic carbocycles. The van der Waals surface area contributed by atoms with Crippen LogP contribution in [0.5, 0.6) is 0 Å². The lowest BCUT2D eigenvalue weighted by atomic mass is 10.1. The Morgan fingerprint density at radius 2 is 2.29 bits per heavy atom. The smallest absolute Gasteiger partial charge is 0.350 e. The second kappa shape index (κ2) is 4.96. The molecule has 1 aliphatic rings. The first-order chi connectivity index (χ1) is 8.19. The van der Waals surface area contributed by atoms with Gasteiger partial charge < -0.3 is 15.8 Å². The van der Waals surface area contributed by atoms with Crippen molar-refractivity contribution >= 4 is 28.0 Å². The van der Waals surface area contributed by atoms with Gasteiger partial charge >= 0.3 is 5.97 Å². The second-order valence-corrected chi connectivity index (χ2v) is 5.30. The van der Waals surface area contributed by atoms with Gasteiger partial charge in [0.2, 0.25) is 0 Å². The number of hydrogen-bond acceptors (Lipinski definition) is 5. The van der Waals surface area contributed by atoms with Crippen molar-refractivity contribution in [1.82, 2.24) is 0 Å². The van der Waals surface area contributed by atoms with Gasteiger partial charge in [-0.2, -0.15) is 0 Å². The summed E-state index contributed by atoms with van der Waals surface area (Å²) in [4.78, 5) is 12.1. The second-order valence-electron chi connectivity index (χ2n) is 4.28. The zero-order chi connectivity index (χ0) is 12.4. The Morgan fingerprint density at radius 1 is 1.59 bits per heavy atom. The molecule has 0 radical (unpaired) electrons. The average Bonchev–Trinajstić information content (AvgIpc) is 3.11. The highest BCUT2D eigenvalue weighted by atomic mass is 32.1. The molecule has 1 saturated carbocycles. The quantitative estimate of drug-likeness (QED) is 0.793. The SMILES string of the molecule is CCCNc1sc(C(=O)OC)c(N)c1C1CC1. The number of carbonyl (C=O) groups excluding carboxylic acids is 1. The van der Waals surface area contributed by atoms with Crippen molar-refractivity contribution in [1.29, 1.82) is 0 Å². The summed E-state index contributed by atoms with van der Waals surface area (Å²) in [6.45, 7) is 3.02. The van der Waals surface area contributed by atoms with Gasteiger partial charge in [0.25, 0.3) is 0 Å². The number of nitrogens with one attached hydrogen (secondary N) is 1. The lowest BCUT2D eigenvalue weighted by Crippen LogP contribution is -2.03. The number of methoxy groups -OCH3 is 1. The lowest BCUT2D eigenvalue weighted by Gasteiger charge is -2.05. The molecule has 1 aromatic heterocycles. The highest BCUT2D eigenvalue weighted by Crippen LogP contribution is 2.50. The largest absolute Gasteiger partial charge is 0.465 e. The number of rotatable bonds is 5. The Labute approximate surface area is 105 Å². The number of thiophene rings is 1. The molecule has 94 valence electrons. The summed E-state index contributed by atoms with van der Waals surface area (Å²) < 4.78 is 4.75. The first-order valence-corrected chi connectivity index (χ1v) is 6.75. The molecule has 5 heteroatoms. The van der Waals surface area contributed by atoms with E-state index in [0.29, 0.717) is 16.5 Å². The summed E-state index contributed by atoms with van der Waals surface area (Å²) in [5.74, 6) is 0.197. The molecule has 17 heavy (non-hydrogen) atoms. The lowest BCUT2D eigenvalue weighted by molar-refractivity contribution is 0.0607. The Hall–Kier alpha value is -1.23.